The summed E-state index contributed by atoms with van der Waals surface area (Å²) < 4.78 is 5.56. The average Bonchev–Trinajstić information content (AvgIpc) is 3.24. The number of benzene rings is 2. The van der Waals surface area contributed by atoms with Gasteiger partial charge in [0.05, 0.1) is 6.61 Å². The molecule has 0 fully saturated rings. The number of nitrogens with one attached hydrogen (secondary N) is 3. The highest BCUT2D eigenvalue weighted by Gasteiger charge is 2.12. The van der Waals surface area contributed by atoms with Crippen LogP contribution in [0.1, 0.15) is 47.3 Å². The van der Waals surface area contributed by atoms with Crippen LogP contribution >= 0.6 is 0 Å². The third kappa shape index (κ3) is 5.99. The number of aliphatic imine (C=N–C) groups is 1. The second kappa shape index (κ2) is 10.7. The Morgan fingerprint density at radius 2 is 1.90 bits per heavy atom. The van der Waals surface area contributed by atoms with Gasteiger partial charge in [0.15, 0.2) is 5.96 Å². The van der Waals surface area contributed by atoms with E-state index in [4.69, 9.17) is 4.74 Å². The minimum absolute atomic E-state index is 0.0283. The molecule has 0 saturated heterocycles. The van der Waals surface area contributed by atoms with Crippen LogP contribution in [0.2, 0.25) is 0 Å². The molecule has 1 unspecified atom stereocenters. The normalized spacial score (nSPS) is 13.9. The van der Waals surface area contributed by atoms with E-state index in [1.165, 1.54) is 11.1 Å². The van der Waals surface area contributed by atoms with Crippen LogP contribution in [0.5, 0.6) is 5.75 Å². The Kier molecular flexibility index (Phi) is 7.71. The van der Waals surface area contributed by atoms with E-state index in [1.807, 2.05) is 31.2 Å². The molecule has 1 atom stereocenters. The molecule has 0 saturated carbocycles. The molecule has 6 nitrogen and oxygen atoms in total. The van der Waals surface area contributed by atoms with E-state index in [9.17, 15) is 4.79 Å². The van der Waals surface area contributed by atoms with Crippen LogP contribution in [0, 0.1) is 0 Å². The summed E-state index contributed by atoms with van der Waals surface area (Å²) in [6, 6.07) is 14.3. The highest BCUT2D eigenvalue weighted by Crippen LogP contribution is 2.25. The SMILES string of the molecule is CCC(C)NC(=O)c1ccc(CNC(=NC)NCCc2ccc3c(c2)CCO3)cc1. The van der Waals surface area contributed by atoms with Crippen molar-refractivity contribution in [3.8, 4) is 5.75 Å². The topological polar surface area (TPSA) is 74.8 Å². The zero-order chi connectivity index (χ0) is 21.3. The van der Waals surface area contributed by atoms with Gasteiger partial charge in [0, 0.05) is 38.2 Å². The van der Waals surface area contributed by atoms with Crippen molar-refractivity contribution in [1.82, 2.24) is 16.0 Å². The fourth-order valence-corrected chi connectivity index (χ4v) is 3.31. The predicted molar refractivity (Wildman–Crippen MR) is 121 cm³/mol. The van der Waals surface area contributed by atoms with Crippen molar-refractivity contribution in [2.75, 3.05) is 20.2 Å². The van der Waals surface area contributed by atoms with Gasteiger partial charge in [-0.15, -0.1) is 0 Å². The first-order valence-electron chi connectivity index (χ1n) is 10.7. The van der Waals surface area contributed by atoms with Crippen molar-refractivity contribution in [1.29, 1.82) is 0 Å². The minimum atomic E-state index is -0.0283. The number of carbonyl (C=O) groups is 1. The Hall–Kier alpha value is -3.02. The standard InChI is InChI=1S/C24H32N4O2/c1-4-17(2)28-23(29)20-8-5-19(6-9-20)16-27-24(25-3)26-13-11-18-7-10-22-21(15-18)12-14-30-22/h5-10,15,17H,4,11-14,16H2,1-3H3,(H,28,29)(H2,25,26,27). The number of hydrogen-bond acceptors (Lipinski definition) is 3. The van der Waals surface area contributed by atoms with Crippen LogP contribution in [0.15, 0.2) is 47.5 Å². The van der Waals surface area contributed by atoms with E-state index in [0.717, 1.165) is 49.7 Å². The summed E-state index contributed by atoms with van der Waals surface area (Å²) in [5, 5.41) is 9.66. The van der Waals surface area contributed by atoms with Crippen LogP contribution in [0.4, 0.5) is 0 Å². The number of hydrogen-bond donors (Lipinski definition) is 3. The molecule has 0 bridgehead atoms. The number of guanidine groups is 1. The summed E-state index contributed by atoms with van der Waals surface area (Å²) in [4.78, 5) is 16.5. The molecule has 1 aliphatic heterocycles. The molecular formula is C24H32N4O2. The molecule has 6 heteroatoms. The van der Waals surface area contributed by atoms with E-state index < -0.39 is 0 Å². The largest absolute Gasteiger partial charge is 0.493 e. The number of carbonyl (C=O) groups excluding carboxylic acids is 1. The number of fused-ring (bicyclic) bond motifs is 1. The molecular weight excluding hydrogens is 376 g/mol. The molecule has 2 aromatic carbocycles. The molecule has 3 N–H and O–H groups in total. The summed E-state index contributed by atoms with van der Waals surface area (Å²) in [5.41, 5.74) is 4.38. The smallest absolute Gasteiger partial charge is 0.251 e. The number of nitrogens with zero attached hydrogens (tertiary/aromatic N) is 1. The van der Waals surface area contributed by atoms with E-state index in [1.54, 1.807) is 7.05 Å². The molecule has 0 spiro atoms. The molecule has 0 aliphatic carbocycles. The summed E-state index contributed by atoms with van der Waals surface area (Å²) in [6.07, 6.45) is 2.84. The first-order chi connectivity index (χ1) is 14.6. The lowest BCUT2D eigenvalue weighted by molar-refractivity contribution is 0.0939. The van der Waals surface area contributed by atoms with Gasteiger partial charge in [-0.3, -0.25) is 9.79 Å². The van der Waals surface area contributed by atoms with Gasteiger partial charge >= 0.3 is 0 Å². The first kappa shape index (κ1) is 21.7. The maximum Gasteiger partial charge on any atom is 0.251 e. The first-order valence-corrected chi connectivity index (χ1v) is 10.7. The Bertz CT molecular complexity index is 877. The average molecular weight is 409 g/mol. The Balaban J connectivity index is 1.43. The van der Waals surface area contributed by atoms with Gasteiger partial charge in [-0.2, -0.15) is 0 Å². The predicted octanol–water partition coefficient (Wildman–Crippen LogP) is 3.06. The van der Waals surface area contributed by atoms with Crippen molar-refractivity contribution in [3.63, 3.8) is 0 Å². The van der Waals surface area contributed by atoms with Crippen LogP contribution in [0.3, 0.4) is 0 Å². The highest BCUT2D eigenvalue weighted by molar-refractivity contribution is 5.94. The van der Waals surface area contributed by atoms with Crippen molar-refractivity contribution >= 4 is 11.9 Å². The van der Waals surface area contributed by atoms with E-state index in [0.29, 0.717) is 12.1 Å². The summed E-state index contributed by atoms with van der Waals surface area (Å²) in [7, 11) is 1.77. The van der Waals surface area contributed by atoms with Crippen molar-refractivity contribution in [3.05, 3.63) is 64.7 Å². The third-order valence-corrected chi connectivity index (χ3v) is 5.35. The Labute approximate surface area is 179 Å². The molecule has 3 rings (SSSR count). The van der Waals surface area contributed by atoms with Gasteiger partial charge in [0.25, 0.3) is 5.91 Å². The highest BCUT2D eigenvalue weighted by atomic mass is 16.5. The van der Waals surface area contributed by atoms with Gasteiger partial charge in [0.1, 0.15) is 5.75 Å². The number of rotatable bonds is 8. The number of amides is 1. The summed E-state index contributed by atoms with van der Waals surface area (Å²) in [6.45, 7) is 6.29. The van der Waals surface area contributed by atoms with Crippen molar-refractivity contribution in [2.24, 2.45) is 4.99 Å². The minimum Gasteiger partial charge on any atom is -0.493 e. The molecule has 1 aliphatic rings. The quantitative estimate of drug-likeness (QED) is 0.464. The molecule has 0 radical (unpaired) electrons. The van der Waals surface area contributed by atoms with Crippen LogP contribution in [0.25, 0.3) is 0 Å². The summed E-state index contributed by atoms with van der Waals surface area (Å²) >= 11 is 0. The lowest BCUT2D eigenvalue weighted by atomic mass is 10.1. The van der Waals surface area contributed by atoms with Crippen LogP contribution in [-0.2, 0) is 19.4 Å². The van der Waals surface area contributed by atoms with Gasteiger partial charge in [-0.1, -0.05) is 31.2 Å². The van der Waals surface area contributed by atoms with Crippen molar-refractivity contribution < 1.29 is 9.53 Å². The fraction of sp³-hybridized carbons (Fsp3) is 0.417. The maximum absolute atomic E-state index is 12.2. The molecule has 30 heavy (non-hydrogen) atoms. The second-order valence-corrected chi connectivity index (χ2v) is 7.62. The monoisotopic (exact) mass is 408 g/mol. The van der Waals surface area contributed by atoms with Gasteiger partial charge in [0.2, 0.25) is 0 Å². The van der Waals surface area contributed by atoms with Gasteiger partial charge in [-0.05, 0) is 54.7 Å². The molecule has 2 aromatic rings. The maximum atomic E-state index is 12.2. The lowest BCUT2D eigenvalue weighted by Gasteiger charge is -2.13. The van der Waals surface area contributed by atoms with Crippen molar-refractivity contribution in [2.45, 2.75) is 45.7 Å². The van der Waals surface area contributed by atoms with E-state index in [2.05, 4.69) is 46.1 Å². The van der Waals surface area contributed by atoms with Crippen LogP contribution in [-0.4, -0.2) is 38.1 Å². The third-order valence-electron chi connectivity index (χ3n) is 5.35. The van der Waals surface area contributed by atoms with Gasteiger partial charge in [-0.25, -0.2) is 0 Å². The second-order valence-electron chi connectivity index (χ2n) is 7.62. The lowest BCUT2D eigenvalue weighted by Crippen LogP contribution is -2.37. The Morgan fingerprint density at radius 1 is 1.13 bits per heavy atom. The molecule has 1 heterocycles. The van der Waals surface area contributed by atoms with Crippen LogP contribution < -0.4 is 20.7 Å². The molecule has 0 aromatic heterocycles. The number of ether oxygens (including phenoxy) is 1. The summed E-state index contributed by atoms with van der Waals surface area (Å²) in [5.74, 6) is 1.75. The zero-order valence-electron chi connectivity index (χ0n) is 18.1. The fourth-order valence-electron chi connectivity index (χ4n) is 3.31. The zero-order valence-corrected chi connectivity index (χ0v) is 18.1. The molecule has 1 amide bonds. The molecule has 160 valence electrons. The van der Waals surface area contributed by atoms with E-state index >= 15 is 0 Å². The van der Waals surface area contributed by atoms with Gasteiger partial charge < -0.3 is 20.7 Å². The Morgan fingerprint density at radius 3 is 2.63 bits per heavy atom. The van der Waals surface area contributed by atoms with E-state index in [-0.39, 0.29) is 11.9 Å².